The number of morpholine rings is 1. The van der Waals surface area contributed by atoms with Crippen LogP contribution in [0.15, 0.2) is 48.5 Å². The van der Waals surface area contributed by atoms with Gasteiger partial charge in [-0.3, -0.25) is 4.79 Å². The first kappa shape index (κ1) is 18.7. The van der Waals surface area contributed by atoms with Crippen LogP contribution in [0.3, 0.4) is 0 Å². The highest BCUT2D eigenvalue weighted by Crippen LogP contribution is 2.26. The molecule has 0 spiro atoms. The fourth-order valence-corrected chi connectivity index (χ4v) is 3.15. The molecule has 26 heavy (non-hydrogen) atoms. The van der Waals surface area contributed by atoms with Gasteiger partial charge >= 0.3 is 5.97 Å². The van der Waals surface area contributed by atoms with Crippen LogP contribution in [0.1, 0.15) is 22.0 Å². The van der Waals surface area contributed by atoms with Crippen LogP contribution in [-0.4, -0.2) is 43.1 Å². The van der Waals surface area contributed by atoms with Crippen LogP contribution in [0.25, 0.3) is 0 Å². The second-order valence-corrected chi connectivity index (χ2v) is 6.60. The molecule has 1 aliphatic heterocycles. The minimum atomic E-state index is -1.05. The Labute approximate surface area is 161 Å². The molecular weight excluding hydrogens is 377 g/mol. The van der Waals surface area contributed by atoms with E-state index in [1.165, 1.54) is 12.1 Å². The molecule has 0 aliphatic carbocycles. The molecule has 2 aromatic carbocycles. The molecule has 0 bridgehead atoms. The first-order chi connectivity index (χ1) is 12.6. The Hall–Kier alpha value is -2.08. The van der Waals surface area contributed by atoms with Crippen molar-refractivity contribution in [1.82, 2.24) is 4.90 Å². The lowest BCUT2D eigenvalue weighted by molar-refractivity contribution is -0.145. The van der Waals surface area contributed by atoms with Crippen LogP contribution >= 0.6 is 23.2 Å². The summed E-state index contributed by atoms with van der Waals surface area (Å²) >= 11 is 12.0. The van der Waals surface area contributed by atoms with E-state index in [4.69, 9.17) is 32.7 Å². The van der Waals surface area contributed by atoms with E-state index in [1.54, 1.807) is 35.2 Å². The third-order valence-corrected chi connectivity index (χ3v) is 4.57. The van der Waals surface area contributed by atoms with Crippen molar-refractivity contribution in [1.29, 1.82) is 0 Å². The maximum Gasteiger partial charge on any atom is 0.340 e. The summed E-state index contributed by atoms with van der Waals surface area (Å²) in [5.41, 5.74) is 0.759. The van der Waals surface area contributed by atoms with Gasteiger partial charge in [-0.15, -0.1) is 0 Å². The van der Waals surface area contributed by atoms with Crippen LogP contribution < -0.4 is 0 Å². The average Bonchev–Trinajstić information content (AvgIpc) is 2.67. The number of hydrogen-bond donors (Lipinski definition) is 0. The number of amides is 1. The minimum absolute atomic E-state index is 0.159. The quantitative estimate of drug-likeness (QED) is 0.742. The van der Waals surface area contributed by atoms with Crippen molar-refractivity contribution in [3.05, 3.63) is 69.7 Å². The molecule has 1 amide bonds. The fraction of sp³-hybridized carbons (Fsp3) is 0.263. The fourth-order valence-electron chi connectivity index (χ4n) is 2.66. The summed E-state index contributed by atoms with van der Waals surface area (Å²) in [6, 6.07) is 13.4. The molecule has 0 radical (unpaired) electrons. The van der Waals surface area contributed by atoms with Crippen LogP contribution in [0.5, 0.6) is 0 Å². The Balaban J connectivity index is 1.85. The third-order valence-electron chi connectivity index (χ3n) is 4.03. The summed E-state index contributed by atoms with van der Waals surface area (Å²) in [5, 5.41) is 0.587. The topological polar surface area (TPSA) is 55.8 Å². The molecule has 1 heterocycles. The normalized spacial score (nSPS) is 15.4. The average molecular weight is 394 g/mol. The molecular formula is C19H17Cl2NO4. The number of benzene rings is 2. The standard InChI is InChI=1S/C19H17Cl2NO4/c20-14-6-7-15(16(21)12-14)19(24)26-17(13-4-2-1-3-5-13)18(23)22-8-10-25-11-9-22/h1-7,12,17H,8-11H2/t17-/m1/s1. The Morgan fingerprint density at radius 3 is 2.38 bits per heavy atom. The Kier molecular flexibility index (Phi) is 6.14. The summed E-state index contributed by atoms with van der Waals surface area (Å²) in [6.07, 6.45) is -1.05. The highest BCUT2D eigenvalue weighted by Gasteiger charge is 2.31. The number of rotatable bonds is 4. The summed E-state index contributed by atoms with van der Waals surface area (Å²) < 4.78 is 10.8. The van der Waals surface area contributed by atoms with Crippen molar-refractivity contribution in [2.45, 2.75) is 6.10 Å². The second-order valence-electron chi connectivity index (χ2n) is 5.76. The van der Waals surface area contributed by atoms with E-state index in [2.05, 4.69) is 0 Å². The van der Waals surface area contributed by atoms with Crippen molar-refractivity contribution >= 4 is 35.1 Å². The summed E-state index contributed by atoms with van der Waals surface area (Å²) in [7, 11) is 0. The van der Waals surface area contributed by atoms with Crippen molar-refractivity contribution < 1.29 is 19.1 Å². The van der Waals surface area contributed by atoms with Gasteiger partial charge in [0.25, 0.3) is 5.91 Å². The van der Waals surface area contributed by atoms with E-state index in [9.17, 15) is 9.59 Å². The van der Waals surface area contributed by atoms with Gasteiger partial charge in [-0.2, -0.15) is 0 Å². The van der Waals surface area contributed by atoms with Gasteiger partial charge in [-0.25, -0.2) is 4.79 Å². The SMILES string of the molecule is O=C(O[C@@H](C(=O)N1CCOCC1)c1ccccc1)c1ccc(Cl)cc1Cl. The second kappa shape index (κ2) is 8.54. The Morgan fingerprint density at radius 1 is 1.04 bits per heavy atom. The maximum atomic E-state index is 12.9. The summed E-state index contributed by atoms with van der Waals surface area (Å²) in [4.78, 5) is 27.2. The van der Waals surface area contributed by atoms with Crippen LogP contribution in [-0.2, 0) is 14.3 Å². The van der Waals surface area contributed by atoms with Crippen molar-refractivity contribution in [2.24, 2.45) is 0 Å². The lowest BCUT2D eigenvalue weighted by Gasteiger charge is -2.30. The van der Waals surface area contributed by atoms with Crippen LogP contribution in [0.2, 0.25) is 10.0 Å². The predicted octanol–water partition coefficient (Wildman–Crippen LogP) is 3.75. The van der Waals surface area contributed by atoms with Gasteiger partial charge in [0.05, 0.1) is 23.8 Å². The molecule has 136 valence electrons. The zero-order valence-electron chi connectivity index (χ0n) is 13.9. The molecule has 2 aromatic rings. The van der Waals surface area contributed by atoms with E-state index in [1.807, 2.05) is 6.07 Å². The molecule has 0 aromatic heterocycles. The first-order valence-electron chi connectivity index (χ1n) is 8.14. The lowest BCUT2D eigenvalue weighted by Crippen LogP contribution is -2.44. The van der Waals surface area contributed by atoms with E-state index in [0.29, 0.717) is 36.9 Å². The molecule has 1 fully saturated rings. The third kappa shape index (κ3) is 4.36. The van der Waals surface area contributed by atoms with Gasteiger partial charge in [-0.05, 0) is 18.2 Å². The predicted molar refractivity (Wildman–Crippen MR) is 98.5 cm³/mol. The number of carbonyl (C=O) groups is 2. The molecule has 0 saturated carbocycles. The summed E-state index contributed by atoms with van der Waals surface area (Å²) in [6.45, 7) is 1.84. The van der Waals surface area contributed by atoms with Crippen LogP contribution in [0.4, 0.5) is 0 Å². The van der Waals surface area contributed by atoms with Crippen molar-refractivity contribution in [3.63, 3.8) is 0 Å². The molecule has 7 heteroatoms. The van der Waals surface area contributed by atoms with Crippen LogP contribution in [0, 0.1) is 0 Å². The van der Waals surface area contributed by atoms with Crippen molar-refractivity contribution in [3.8, 4) is 0 Å². The van der Waals surface area contributed by atoms with E-state index >= 15 is 0 Å². The monoisotopic (exact) mass is 393 g/mol. The van der Waals surface area contributed by atoms with E-state index in [-0.39, 0.29) is 16.5 Å². The first-order valence-corrected chi connectivity index (χ1v) is 8.89. The molecule has 3 rings (SSSR count). The van der Waals surface area contributed by atoms with Gasteiger partial charge in [0.2, 0.25) is 6.10 Å². The van der Waals surface area contributed by atoms with Gasteiger partial charge in [0.15, 0.2) is 0 Å². The number of halogens is 2. The Morgan fingerprint density at radius 2 is 1.73 bits per heavy atom. The van der Waals surface area contributed by atoms with Gasteiger partial charge in [0, 0.05) is 23.7 Å². The number of hydrogen-bond acceptors (Lipinski definition) is 4. The zero-order chi connectivity index (χ0) is 18.5. The van der Waals surface area contributed by atoms with Gasteiger partial charge in [0.1, 0.15) is 0 Å². The number of carbonyl (C=O) groups excluding carboxylic acids is 2. The molecule has 1 aliphatic rings. The molecule has 5 nitrogen and oxygen atoms in total. The van der Waals surface area contributed by atoms with E-state index in [0.717, 1.165) is 0 Å². The number of ether oxygens (including phenoxy) is 2. The lowest BCUT2D eigenvalue weighted by atomic mass is 10.1. The molecule has 0 N–H and O–H groups in total. The maximum absolute atomic E-state index is 12.9. The largest absolute Gasteiger partial charge is 0.444 e. The van der Waals surface area contributed by atoms with Crippen molar-refractivity contribution in [2.75, 3.05) is 26.3 Å². The number of esters is 1. The minimum Gasteiger partial charge on any atom is -0.444 e. The van der Waals surface area contributed by atoms with E-state index < -0.39 is 12.1 Å². The highest BCUT2D eigenvalue weighted by molar-refractivity contribution is 6.36. The molecule has 0 unspecified atom stereocenters. The number of nitrogens with zero attached hydrogens (tertiary/aromatic N) is 1. The highest BCUT2D eigenvalue weighted by atomic mass is 35.5. The summed E-state index contributed by atoms with van der Waals surface area (Å²) in [5.74, 6) is -0.958. The Bertz CT molecular complexity index is 791. The smallest absolute Gasteiger partial charge is 0.340 e. The molecule has 1 atom stereocenters. The van der Waals surface area contributed by atoms with Gasteiger partial charge < -0.3 is 14.4 Å². The zero-order valence-corrected chi connectivity index (χ0v) is 15.4. The molecule has 1 saturated heterocycles. The van der Waals surface area contributed by atoms with Gasteiger partial charge in [-0.1, -0.05) is 53.5 Å².